The lowest BCUT2D eigenvalue weighted by atomic mass is 9.78. The van der Waals surface area contributed by atoms with Crippen molar-refractivity contribution in [3.05, 3.63) is 0 Å². The quantitative estimate of drug-likeness (QED) is 0.476. The molecule has 3 fully saturated rings. The second kappa shape index (κ2) is 3.26. The smallest absolute Gasteiger partial charge is 0.0326 e. The maximum absolute atomic E-state index is 5.36. The molecule has 0 aromatic heterocycles. The van der Waals surface area contributed by atoms with Crippen LogP contribution in [0.2, 0.25) is 0 Å². The fourth-order valence-corrected chi connectivity index (χ4v) is 2.12. The molecule has 3 saturated carbocycles. The van der Waals surface area contributed by atoms with E-state index >= 15 is 0 Å². The normalized spacial score (nSPS) is 41.1. The lowest BCUT2D eigenvalue weighted by Crippen LogP contribution is -2.52. The van der Waals surface area contributed by atoms with Crippen molar-refractivity contribution >= 4 is 24.8 Å². The third-order valence-electron chi connectivity index (χ3n) is 2.70. The van der Waals surface area contributed by atoms with E-state index in [-0.39, 0.29) is 24.8 Å². The molecule has 2 nitrogen and oxygen atoms in total. The Morgan fingerprint density at radius 3 is 2.10 bits per heavy atom. The second-order valence-corrected chi connectivity index (χ2v) is 3.24. The molecular weight excluding hydrogens is 171 g/mol. The Balaban J connectivity index is 0.000000405. The van der Waals surface area contributed by atoms with Gasteiger partial charge in [0.25, 0.3) is 0 Å². The van der Waals surface area contributed by atoms with E-state index < -0.39 is 0 Å². The standard InChI is InChI=1S/C6H12N2.2ClH/c7-8-6-2-1-5(3-6)4-6;;/h5,8H,1-4,7H2;2*1H. The highest BCUT2D eigenvalue weighted by atomic mass is 35.5. The van der Waals surface area contributed by atoms with Gasteiger partial charge in [0.1, 0.15) is 0 Å². The zero-order valence-electron chi connectivity index (χ0n) is 5.80. The van der Waals surface area contributed by atoms with Crippen molar-refractivity contribution in [2.45, 2.75) is 31.2 Å². The van der Waals surface area contributed by atoms with Crippen LogP contribution in [0.5, 0.6) is 0 Å². The number of fused-ring (bicyclic) bond motifs is 1. The summed E-state index contributed by atoms with van der Waals surface area (Å²) in [5.41, 5.74) is 3.31. The van der Waals surface area contributed by atoms with Gasteiger partial charge in [0.15, 0.2) is 0 Å². The minimum Gasteiger partial charge on any atom is -0.271 e. The molecule has 3 rings (SSSR count). The first kappa shape index (κ1) is 10.5. The Kier molecular flexibility index (Phi) is 3.43. The molecule has 0 amide bonds. The molecule has 0 saturated heterocycles. The van der Waals surface area contributed by atoms with Gasteiger partial charge in [0.05, 0.1) is 0 Å². The minimum atomic E-state index is 0. The zero-order valence-corrected chi connectivity index (χ0v) is 7.43. The van der Waals surface area contributed by atoms with Crippen LogP contribution in [0.4, 0.5) is 0 Å². The van der Waals surface area contributed by atoms with Crippen LogP contribution in [0.15, 0.2) is 0 Å². The first-order valence-electron chi connectivity index (χ1n) is 3.32. The average molecular weight is 185 g/mol. The molecule has 3 aliphatic carbocycles. The molecule has 0 heterocycles. The van der Waals surface area contributed by atoms with Crippen molar-refractivity contribution in [1.82, 2.24) is 5.43 Å². The molecule has 0 radical (unpaired) electrons. The van der Waals surface area contributed by atoms with Gasteiger partial charge in [-0.2, -0.15) is 0 Å². The number of hydrazine groups is 1. The SMILES string of the molecule is Cl.Cl.NNC12CCC(C1)C2. The summed E-state index contributed by atoms with van der Waals surface area (Å²) in [4.78, 5) is 0. The Bertz CT molecular complexity index is 107. The molecule has 0 aliphatic heterocycles. The number of nitrogens with one attached hydrogen (secondary N) is 1. The first-order chi connectivity index (χ1) is 3.85. The zero-order chi connectivity index (χ0) is 5.61. The predicted molar refractivity (Wildman–Crippen MR) is 46.5 cm³/mol. The van der Waals surface area contributed by atoms with Gasteiger partial charge in [-0.15, -0.1) is 24.8 Å². The molecular formula is C6H14Cl2N2. The van der Waals surface area contributed by atoms with Crippen LogP contribution < -0.4 is 11.3 Å². The average Bonchev–Trinajstić information content (AvgIpc) is 2.17. The van der Waals surface area contributed by atoms with Crippen molar-refractivity contribution < 1.29 is 0 Å². The van der Waals surface area contributed by atoms with Crippen molar-refractivity contribution in [2.24, 2.45) is 11.8 Å². The number of rotatable bonds is 1. The van der Waals surface area contributed by atoms with E-state index in [0.29, 0.717) is 5.54 Å². The van der Waals surface area contributed by atoms with Gasteiger partial charge < -0.3 is 0 Å². The van der Waals surface area contributed by atoms with Crippen molar-refractivity contribution in [1.29, 1.82) is 0 Å². The van der Waals surface area contributed by atoms with Crippen LogP contribution in [0, 0.1) is 5.92 Å². The van der Waals surface area contributed by atoms with Crippen molar-refractivity contribution in [3.8, 4) is 0 Å². The van der Waals surface area contributed by atoms with Gasteiger partial charge in [-0.25, -0.2) is 0 Å². The summed E-state index contributed by atoms with van der Waals surface area (Å²) >= 11 is 0. The van der Waals surface area contributed by atoms with E-state index in [2.05, 4.69) is 5.43 Å². The second-order valence-electron chi connectivity index (χ2n) is 3.24. The van der Waals surface area contributed by atoms with E-state index in [1.807, 2.05) is 0 Å². The molecule has 0 atom stereocenters. The monoisotopic (exact) mass is 184 g/mol. The van der Waals surface area contributed by atoms with E-state index in [0.717, 1.165) is 5.92 Å². The summed E-state index contributed by atoms with van der Waals surface area (Å²) in [6.45, 7) is 0. The van der Waals surface area contributed by atoms with Gasteiger partial charge >= 0.3 is 0 Å². The maximum Gasteiger partial charge on any atom is 0.0326 e. The lowest BCUT2D eigenvalue weighted by Gasteiger charge is -2.37. The fourth-order valence-electron chi connectivity index (χ4n) is 2.12. The highest BCUT2D eigenvalue weighted by molar-refractivity contribution is 5.85. The number of nitrogens with two attached hydrogens (primary N) is 1. The summed E-state index contributed by atoms with van der Waals surface area (Å²) in [5, 5.41) is 0. The van der Waals surface area contributed by atoms with E-state index in [1.54, 1.807) is 0 Å². The fraction of sp³-hybridized carbons (Fsp3) is 1.00. The maximum atomic E-state index is 5.36. The summed E-state index contributed by atoms with van der Waals surface area (Å²) in [6, 6.07) is 0. The van der Waals surface area contributed by atoms with Gasteiger partial charge in [-0.05, 0) is 31.6 Å². The molecule has 0 aromatic rings. The van der Waals surface area contributed by atoms with Crippen LogP contribution in [0.3, 0.4) is 0 Å². The van der Waals surface area contributed by atoms with Gasteiger partial charge in [-0.1, -0.05) is 0 Å². The summed E-state index contributed by atoms with van der Waals surface area (Å²) < 4.78 is 0. The molecule has 0 aromatic carbocycles. The number of hydrogen-bond acceptors (Lipinski definition) is 2. The first-order valence-corrected chi connectivity index (χ1v) is 3.32. The lowest BCUT2D eigenvalue weighted by molar-refractivity contribution is 0.192. The summed E-state index contributed by atoms with van der Waals surface area (Å²) in [7, 11) is 0. The molecule has 62 valence electrons. The van der Waals surface area contributed by atoms with Crippen LogP contribution in [0.25, 0.3) is 0 Å². The molecule has 2 bridgehead atoms. The highest BCUT2D eigenvalue weighted by Gasteiger charge is 2.49. The highest BCUT2D eigenvalue weighted by Crippen LogP contribution is 2.51. The molecule has 3 aliphatic rings. The van der Waals surface area contributed by atoms with Gasteiger partial charge in [0.2, 0.25) is 0 Å². The van der Waals surface area contributed by atoms with Crippen molar-refractivity contribution in [2.75, 3.05) is 0 Å². The van der Waals surface area contributed by atoms with Crippen LogP contribution in [-0.2, 0) is 0 Å². The van der Waals surface area contributed by atoms with Gasteiger partial charge in [-0.3, -0.25) is 11.3 Å². The molecule has 10 heavy (non-hydrogen) atoms. The number of halogens is 2. The predicted octanol–water partition coefficient (Wildman–Crippen LogP) is 1.24. The van der Waals surface area contributed by atoms with Crippen LogP contribution >= 0.6 is 24.8 Å². The Hall–Kier alpha value is 0.500. The molecule has 4 heteroatoms. The molecule has 0 spiro atoms. The Morgan fingerprint density at radius 1 is 1.30 bits per heavy atom. The Morgan fingerprint density at radius 2 is 1.90 bits per heavy atom. The van der Waals surface area contributed by atoms with Crippen LogP contribution in [0.1, 0.15) is 25.7 Å². The summed E-state index contributed by atoms with van der Waals surface area (Å²) in [5.74, 6) is 6.38. The van der Waals surface area contributed by atoms with E-state index in [9.17, 15) is 0 Å². The largest absolute Gasteiger partial charge is 0.271 e. The number of hydrogen-bond donors (Lipinski definition) is 2. The molecule has 3 N–H and O–H groups in total. The summed E-state index contributed by atoms with van der Waals surface area (Å²) in [6.07, 6.45) is 5.39. The third kappa shape index (κ3) is 1.26. The van der Waals surface area contributed by atoms with E-state index in [1.165, 1.54) is 25.7 Å². The topological polar surface area (TPSA) is 38.0 Å². The van der Waals surface area contributed by atoms with Crippen molar-refractivity contribution in [3.63, 3.8) is 0 Å². The van der Waals surface area contributed by atoms with E-state index in [4.69, 9.17) is 5.84 Å². The molecule has 0 unspecified atom stereocenters. The van der Waals surface area contributed by atoms with Crippen LogP contribution in [-0.4, -0.2) is 5.54 Å². The minimum absolute atomic E-state index is 0. The van der Waals surface area contributed by atoms with Gasteiger partial charge in [0, 0.05) is 5.54 Å². The Labute approximate surface area is 73.7 Å². The third-order valence-corrected chi connectivity index (χ3v) is 2.70.